The van der Waals surface area contributed by atoms with Crippen molar-refractivity contribution in [3.05, 3.63) is 0 Å². The van der Waals surface area contributed by atoms with E-state index in [-0.39, 0.29) is 0 Å². The van der Waals surface area contributed by atoms with E-state index in [1.807, 2.05) is 0 Å². The van der Waals surface area contributed by atoms with E-state index in [1.54, 1.807) is 0 Å². The van der Waals surface area contributed by atoms with E-state index in [4.69, 9.17) is 0 Å². The monoisotopic (exact) mass is 324 g/mol. The van der Waals surface area contributed by atoms with Gasteiger partial charge in [0, 0.05) is 6.42 Å². The van der Waals surface area contributed by atoms with E-state index in [0.29, 0.717) is 0 Å². The molecule has 1 heteroatoms. The fraction of sp³-hybridized carbons (Fsp3) is 0.909. The van der Waals surface area contributed by atoms with Crippen LogP contribution in [0.25, 0.3) is 0 Å². The molecule has 0 aliphatic rings. The molecular weight excluding hydrogens is 283 g/mol. The van der Waals surface area contributed by atoms with E-state index in [1.165, 1.54) is 115 Å². The highest BCUT2D eigenvalue weighted by atomic mass is 19.1. The van der Waals surface area contributed by atoms with Gasteiger partial charge in [-0.05, 0) is 6.42 Å². The summed E-state index contributed by atoms with van der Waals surface area (Å²) in [5.74, 6) is 2.49. The maximum Gasteiger partial charge on any atom is 0.105 e. The molecule has 0 rings (SSSR count). The van der Waals surface area contributed by atoms with Gasteiger partial charge in [0.1, 0.15) is 6.17 Å². The summed E-state index contributed by atoms with van der Waals surface area (Å²) in [5.41, 5.74) is 0. The van der Waals surface area contributed by atoms with E-state index in [2.05, 4.69) is 12.8 Å². The van der Waals surface area contributed by atoms with Gasteiger partial charge in [-0.3, -0.25) is 0 Å². The molecule has 0 aliphatic heterocycles. The molecule has 23 heavy (non-hydrogen) atoms. The predicted octanol–water partition coefficient (Wildman–Crippen LogP) is 8.35. The number of hydrogen-bond donors (Lipinski definition) is 0. The first-order valence-corrected chi connectivity index (χ1v) is 10.5. The van der Waals surface area contributed by atoms with Gasteiger partial charge < -0.3 is 0 Å². The van der Waals surface area contributed by atoms with Crippen LogP contribution in [0.15, 0.2) is 0 Å². The third kappa shape index (κ3) is 21.5. The van der Waals surface area contributed by atoms with Crippen LogP contribution in [0.5, 0.6) is 0 Å². The molecule has 0 spiro atoms. The molecule has 0 aliphatic carbocycles. The molecule has 0 N–H and O–H groups in total. The predicted molar refractivity (Wildman–Crippen MR) is 102 cm³/mol. The molecule has 0 nitrogen and oxygen atoms in total. The van der Waals surface area contributed by atoms with Crippen LogP contribution in [-0.2, 0) is 0 Å². The zero-order valence-corrected chi connectivity index (χ0v) is 15.8. The van der Waals surface area contributed by atoms with Crippen molar-refractivity contribution in [1.29, 1.82) is 0 Å². The molecule has 0 fully saturated rings. The van der Waals surface area contributed by atoms with Crippen molar-refractivity contribution in [1.82, 2.24) is 0 Å². The first kappa shape index (κ1) is 22.5. The Labute approximate surface area is 146 Å². The molecule has 0 radical (unpaired) electrons. The van der Waals surface area contributed by atoms with Gasteiger partial charge in [0.15, 0.2) is 0 Å². The Morgan fingerprint density at radius 2 is 0.783 bits per heavy atom. The van der Waals surface area contributed by atoms with Crippen LogP contribution < -0.4 is 0 Å². The van der Waals surface area contributed by atoms with Crippen LogP contribution >= 0.6 is 0 Å². The first-order valence-electron chi connectivity index (χ1n) is 10.5. The van der Waals surface area contributed by atoms with Crippen LogP contribution in [0.3, 0.4) is 0 Å². The minimum absolute atomic E-state index is 0.731. The quantitative estimate of drug-likeness (QED) is 0.175. The Kier molecular flexibility index (Phi) is 21.0. The van der Waals surface area contributed by atoms with Crippen molar-refractivity contribution in [2.75, 3.05) is 0 Å². The highest BCUT2D eigenvalue weighted by molar-refractivity contribution is 4.89. The molecular formula is C22H41F. The second-order valence-corrected chi connectivity index (χ2v) is 7.03. The van der Waals surface area contributed by atoms with E-state index in [9.17, 15) is 4.39 Å². The average molecular weight is 325 g/mol. The Balaban J connectivity index is 2.95. The molecule has 136 valence electrons. The minimum Gasteiger partial charge on any atom is -0.144 e. The topological polar surface area (TPSA) is 0 Å². The summed E-state index contributed by atoms with van der Waals surface area (Å²) in [7, 11) is 0. The lowest BCUT2D eigenvalue weighted by molar-refractivity contribution is 0.525. The highest BCUT2D eigenvalue weighted by Crippen LogP contribution is 2.14. The number of rotatable bonds is 18. The van der Waals surface area contributed by atoms with Crippen molar-refractivity contribution < 1.29 is 4.39 Å². The van der Waals surface area contributed by atoms with Gasteiger partial charge in [0.2, 0.25) is 0 Å². The number of unbranched alkanes of at least 4 members (excludes halogenated alkanes) is 18. The van der Waals surface area contributed by atoms with Gasteiger partial charge in [-0.1, -0.05) is 122 Å². The smallest absolute Gasteiger partial charge is 0.105 e. The van der Waals surface area contributed by atoms with Crippen LogP contribution in [0.1, 0.15) is 129 Å². The molecule has 0 aromatic carbocycles. The fourth-order valence-electron chi connectivity index (χ4n) is 3.16. The summed E-state index contributed by atoms with van der Waals surface area (Å²) < 4.78 is 11.6. The third-order valence-corrected chi connectivity index (χ3v) is 4.72. The normalized spacial score (nSPS) is 10.5. The third-order valence-electron chi connectivity index (χ3n) is 4.72. The van der Waals surface area contributed by atoms with E-state index < -0.39 is 0 Å². The van der Waals surface area contributed by atoms with Gasteiger partial charge in [-0.15, -0.1) is 4.39 Å². The number of hydrogen-bond acceptors (Lipinski definition) is 0. The van der Waals surface area contributed by atoms with Crippen molar-refractivity contribution >= 4 is 0 Å². The molecule has 0 heterocycles. The average Bonchev–Trinajstić information content (AvgIpc) is 2.57. The summed E-state index contributed by atoms with van der Waals surface area (Å²) in [5, 5.41) is 0. The molecule has 0 saturated heterocycles. The summed E-state index contributed by atoms with van der Waals surface area (Å²) in [4.78, 5) is 0. The van der Waals surface area contributed by atoms with Gasteiger partial charge >= 0.3 is 0 Å². The van der Waals surface area contributed by atoms with Crippen LogP contribution in [0.2, 0.25) is 0 Å². The van der Waals surface area contributed by atoms with E-state index in [0.717, 1.165) is 12.8 Å². The lowest BCUT2D eigenvalue weighted by atomic mass is 10.0. The zero-order chi connectivity index (χ0) is 16.8. The molecule has 0 bridgehead atoms. The highest BCUT2D eigenvalue weighted by Gasteiger charge is 1.94. The van der Waals surface area contributed by atoms with Gasteiger partial charge in [-0.25, -0.2) is 0 Å². The molecule has 0 atom stereocenters. The molecule has 0 saturated carbocycles. The second-order valence-electron chi connectivity index (χ2n) is 7.03. The lowest BCUT2D eigenvalue weighted by Crippen LogP contribution is -1.84. The van der Waals surface area contributed by atoms with Crippen molar-refractivity contribution in [2.45, 2.75) is 129 Å². The standard InChI is InChI=1S/C22H41F/c1-2-3-4-5-6-7-8-9-10-11-12-13-14-15-16-17-18-19-20-21-22-23/h2-20H2,1H3. The maximum atomic E-state index is 11.6. The second kappa shape index (κ2) is 21.5. The van der Waals surface area contributed by atoms with Crippen molar-refractivity contribution in [3.8, 4) is 12.1 Å². The molecule has 0 aromatic rings. The largest absolute Gasteiger partial charge is 0.144 e. The van der Waals surface area contributed by atoms with Gasteiger partial charge in [0.05, 0.1) is 0 Å². The Bertz CT molecular complexity index is 261. The Morgan fingerprint density at radius 3 is 1.09 bits per heavy atom. The lowest BCUT2D eigenvalue weighted by Gasteiger charge is -2.03. The van der Waals surface area contributed by atoms with Crippen LogP contribution in [0.4, 0.5) is 4.39 Å². The summed E-state index contributed by atoms with van der Waals surface area (Å²) in [6, 6.07) is 0. The molecule has 0 unspecified atom stereocenters. The summed E-state index contributed by atoms with van der Waals surface area (Å²) in [6.07, 6.45) is 27.2. The Morgan fingerprint density at radius 1 is 0.478 bits per heavy atom. The van der Waals surface area contributed by atoms with Gasteiger partial charge in [0.25, 0.3) is 0 Å². The van der Waals surface area contributed by atoms with Crippen molar-refractivity contribution in [2.24, 2.45) is 0 Å². The molecule has 0 amide bonds. The summed E-state index contributed by atoms with van der Waals surface area (Å²) in [6.45, 7) is 2.28. The number of halogens is 1. The SMILES string of the molecule is CCCCCCCCCCCCCCCCCCCCC#CF. The van der Waals surface area contributed by atoms with Crippen LogP contribution in [0, 0.1) is 12.1 Å². The van der Waals surface area contributed by atoms with E-state index >= 15 is 0 Å². The fourth-order valence-corrected chi connectivity index (χ4v) is 3.16. The van der Waals surface area contributed by atoms with Gasteiger partial charge in [-0.2, -0.15) is 0 Å². The maximum absolute atomic E-state index is 11.6. The Hall–Kier alpha value is -0.510. The van der Waals surface area contributed by atoms with Crippen molar-refractivity contribution in [3.63, 3.8) is 0 Å². The molecule has 0 aromatic heterocycles. The first-order chi connectivity index (χ1) is 11.4. The summed E-state index contributed by atoms with van der Waals surface area (Å²) >= 11 is 0. The minimum atomic E-state index is 0.731. The van der Waals surface area contributed by atoms with Crippen LogP contribution in [-0.4, -0.2) is 0 Å². The zero-order valence-electron chi connectivity index (χ0n) is 15.8.